The third-order valence-electron chi connectivity index (χ3n) is 7.29. The number of aromatic nitrogens is 3. The molecule has 4 fully saturated rings. The van der Waals surface area contributed by atoms with Crippen LogP contribution in [0.2, 0.25) is 5.02 Å². The molecular formula is C22H27ClFN5O2. The number of aryl methyl sites for hydroxylation is 1. The van der Waals surface area contributed by atoms with E-state index in [0.717, 1.165) is 32.1 Å². The summed E-state index contributed by atoms with van der Waals surface area (Å²) in [5, 5.41) is 18.6. The lowest BCUT2D eigenvalue weighted by atomic mass is 9.52. The van der Waals surface area contributed by atoms with Crippen LogP contribution in [-0.2, 0) is 6.54 Å². The Kier molecular flexibility index (Phi) is 4.97. The molecule has 2 atom stereocenters. The molecule has 4 bridgehead atoms. The van der Waals surface area contributed by atoms with E-state index in [1.807, 2.05) is 6.92 Å². The summed E-state index contributed by atoms with van der Waals surface area (Å²) >= 11 is 6.63. The van der Waals surface area contributed by atoms with Crippen molar-refractivity contribution in [3.05, 3.63) is 34.9 Å². The Hall–Kier alpha value is -2.19. The second-order valence-electron chi connectivity index (χ2n) is 9.39. The van der Waals surface area contributed by atoms with Crippen molar-refractivity contribution in [3.8, 4) is 0 Å². The van der Waals surface area contributed by atoms with Crippen LogP contribution in [0, 0.1) is 23.6 Å². The van der Waals surface area contributed by atoms with Gasteiger partial charge in [-0.1, -0.05) is 11.6 Å². The quantitative estimate of drug-likeness (QED) is 0.732. The number of hydrogen-bond donors (Lipinski definition) is 2. The average Bonchev–Trinajstić information content (AvgIpc) is 3.05. The lowest BCUT2D eigenvalue weighted by molar-refractivity contribution is -0.136. The van der Waals surface area contributed by atoms with Crippen LogP contribution < -0.4 is 10.2 Å². The first-order chi connectivity index (χ1) is 14.8. The van der Waals surface area contributed by atoms with Gasteiger partial charge in [-0.15, -0.1) is 0 Å². The molecule has 2 aromatic heterocycles. The maximum atomic E-state index is 13.7. The lowest BCUT2D eigenvalue weighted by Crippen LogP contribution is -2.61. The van der Waals surface area contributed by atoms with Gasteiger partial charge in [-0.2, -0.15) is 5.10 Å². The topological polar surface area (TPSA) is 83.3 Å². The van der Waals surface area contributed by atoms with Crippen LogP contribution in [0.5, 0.6) is 0 Å². The maximum Gasteiger partial charge on any atom is 0.273 e. The van der Waals surface area contributed by atoms with Crippen molar-refractivity contribution in [1.82, 2.24) is 20.1 Å². The van der Waals surface area contributed by atoms with Gasteiger partial charge < -0.3 is 15.3 Å². The van der Waals surface area contributed by atoms with E-state index >= 15 is 0 Å². The number of carbonyl (C=O) groups is 1. The zero-order valence-electron chi connectivity index (χ0n) is 17.7. The lowest BCUT2D eigenvalue weighted by Gasteiger charge is -2.58. The van der Waals surface area contributed by atoms with E-state index in [1.165, 1.54) is 18.3 Å². The van der Waals surface area contributed by atoms with Crippen molar-refractivity contribution in [3.63, 3.8) is 0 Å². The van der Waals surface area contributed by atoms with E-state index in [9.17, 15) is 14.3 Å². The van der Waals surface area contributed by atoms with Crippen LogP contribution in [0.1, 0.15) is 49.5 Å². The van der Waals surface area contributed by atoms with Crippen LogP contribution in [0.3, 0.4) is 0 Å². The van der Waals surface area contributed by atoms with Gasteiger partial charge in [0.05, 0.1) is 5.60 Å². The zero-order chi connectivity index (χ0) is 21.9. The molecule has 4 saturated carbocycles. The molecule has 0 radical (unpaired) electrons. The Morgan fingerprint density at radius 1 is 1.39 bits per heavy atom. The third kappa shape index (κ3) is 3.49. The van der Waals surface area contributed by atoms with E-state index in [-0.39, 0.29) is 22.7 Å². The molecule has 4 aliphatic carbocycles. The van der Waals surface area contributed by atoms with Crippen LogP contribution in [0.15, 0.2) is 18.3 Å². The number of aliphatic hydroxyl groups is 1. The van der Waals surface area contributed by atoms with E-state index in [0.29, 0.717) is 35.9 Å². The second-order valence-corrected chi connectivity index (χ2v) is 9.76. The minimum Gasteiger partial charge on any atom is -0.390 e. The molecule has 2 aromatic rings. The van der Waals surface area contributed by atoms with Crippen LogP contribution in [0.25, 0.3) is 0 Å². The molecule has 2 N–H and O–H groups in total. The number of amides is 1. The molecule has 9 heteroatoms. The average molecular weight is 448 g/mol. The number of halogens is 2. The molecule has 7 nitrogen and oxygen atoms in total. The van der Waals surface area contributed by atoms with Gasteiger partial charge in [0.25, 0.3) is 5.91 Å². The number of pyridine rings is 1. The van der Waals surface area contributed by atoms with Crippen molar-refractivity contribution in [2.45, 2.75) is 57.2 Å². The molecule has 2 unspecified atom stereocenters. The van der Waals surface area contributed by atoms with Gasteiger partial charge in [-0.05, 0) is 62.8 Å². The van der Waals surface area contributed by atoms with Crippen molar-refractivity contribution in [2.24, 2.45) is 17.8 Å². The van der Waals surface area contributed by atoms with E-state index < -0.39 is 11.4 Å². The van der Waals surface area contributed by atoms with Crippen molar-refractivity contribution < 1.29 is 14.3 Å². The largest absolute Gasteiger partial charge is 0.390 e. The molecule has 4 aliphatic rings. The molecule has 1 amide bonds. The Balaban J connectivity index is 1.40. The summed E-state index contributed by atoms with van der Waals surface area (Å²) < 4.78 is 15.3. The fourth-order valence-corrected chi connectivity index (χ4v) is 6.59. The van der Waals surface area contributed by atoms with Crippen LogP contribution >= 0.6 is 11.6 Å². The highest BCUT2D eigenvalue weighted by atomic mass is 35.5. The Labute approximate surface area is 185 Å². The van der Waals surface area contributed by atoms with Crippen molar-refractivity contribution >= 4 is 29.1 Å². The van der Waals surface area contributed by atoms with Crippen molar-refractivity contribution in [1.29, 1.82) is 0 Å². The maximum absolute atomic E-state index is 13.7. The number of carbonyl (C=O) groups excluding carboxylic acids is 1. The molecule has 0 spiro atoms. The minimum atomic E-state index is -0.549. The van der Waals surface area contributed by atoms with Gasteiger partial charge in [0.15, 0.2) is 11.5 Å². The predicted octanol–water partition coefficient (Wildman–Crippen LogP) is 3.53. The van der Waals surface area contributed by atoms with E-state index in [4.69, 9.17) is 11.6 Å². The molecule has 0 saturated heterocycles. The minimum absolute atomic E-state index is 0.0400. The standard InChI is InChI=1S/C22H27ClFN5O2/c1-3-29-21(28(2)16-8-15(24)4-5-25-16)17(23)19(27-29)20(30)26-18-13-6-12-7-14(18)11-22(31,9-12)10-13/h4-5,8,12-14,18,31H,3,6-7,9-11H2,1-2H3,(H,26,30). The van der Waals surface area contributed by atoms with Gasteiger partial charge >= 0.3 is 0 Å². The SMILES string of the molecule is CCn1nc(C(=O)NC2C3CC4CC2CC(O)(C4)C3)c(Cl)c1N(C)c1cc(F)ccn1. The molecular weight excluding hydrogens is 421 g/mol. The summed E-state index contributed by atoms with van der Waals surface area (Å²) in [5.41, 5.74) is -0.387. The van der Waals surface area contributed by atoms with Gasteiger partial charge in [0, 0.05) is 31.9 Å². The summed E-state index contributed by atoms with van der Waals surface area (Å²) in [6, 6.07) is 2.62. The Bertz CT molecular complexity index is 1010. The summed E-state index contributed by atoms with van der Waals surface area (Å²) in [7, 11) is 1.72. The first kappa shape index (κ1) is 20.7. The third-order valence-corrected chi connectivity index (χ3v) is 7.64. The summed E-state index contributed by atoms with van der Waals surface area (Å²) in [6.07, 6.45) is 5.90. The van der Waals surface area contributed by atoms with Gasteiger partial charge in [0.2, 0.25) is 0 Å². The smallest absolute Gasteiger partial charge is 0.273 e. The molecule has 0 aliphatic heterocycles. The highest BCUT2D eigenvalue weighted by Gasteiger charge is 2.55. The Morgan fingerprint density at radius 2 is 2.10 bits per heavy atom. The van der Waals surface area contributed by atoms with Gasteiger partial charge in [-0.25, -0.2) is 14.1 Å². The molecule has 166 valence electrons. The summed E-state index contributed by atoms with van der Waals surface area (Å²) in [5.74, 6) is 1.32. The number of nitrogens with zero attached hydrogens (tertiary/aromatic N) is 4. The van der Waals surface area contributed by atoms with Crippen LogP contribution in [0.4, 0.5) is 16.0 Å². The fourth-order valence-electron chi connectivity index (χ4n) is 6.24. The highest BCUT2D eigenvalue weighted by molar-refractivity contribution is 6.36. The summed E-state index contributed by atoms with van der Waals surface area (Å²) in [6.45, 7) is 2.39. The fraction of sp³-hybridized carbons (Fsp3) is 0.591. The summed E-state index contributed by atoms with van der Waals surface area (Å²) in [4.78, 5) is 19.0. The number of hydrogen-bond acceptors (Lipinski definition) is 5. The first-order valence-corrected chi connectivity index (χ1v) is 11.3. The first-order valence-electron chi connectivity index (χ1n) is 10.9. The Morgan fingerprint density at radius 3 is 2.71 bits per heavy atom. The van der Waals surface area contributed by atoms with Crippen molar-refractivity contribution in [2.75, 3.05) is 11.9 Å². The van der Waals surface area contributed by atoms with Crippen LogP contribution in [-0.4, -0.2) is 44.5 Å². The monoisotopic (exact) mass is 447 g/mol. The van der Waals surface area contributed by atoms with E-state index in [1.54, 1.807) is 16.6 Å². The predicted molar refractivity (Wildman–Crippen MR) is 115 cm³/mol. The normalized spacial score (nSPS) is 31.1. The highest BCUT2D eigenvalue weighted by Crippen LogP contribution is 2.55. The molecule has 31 heavy (non-hydrogen) atoms. The van der Waals surface area contributed by atoms with Gasteiger partial charge in [0.1, 0.15) is 16.7 Å². The zero-order valence-corrected chi connectivity index (χ0v) is 18.4. The number of anilines is 2. The van der Waals surface area contributed by atoms with Gasteiger partial charge in [-0.3, -0.25) is 4.79 Å². The van der Waals surface area contributed by atoms with E-state index in [2.05, 4.69) is 15.4 Å². The number of rotatable bonds is 5. The second kappa shape index (κ2) is 7.45. The molecule has 2 heterocycles. The molecule has 0 aromatic carbocycles. The number of nitrogens with one attached hydrogen (secondary N) is 1. The molecule has 6 rings (SSSR count).